The van der Waals surface area contributed by atoms with Crippen LogP contribution in [0.3, 0.4) is 0 Å². The van der Waals surface area contributed by atoms with E-state index in [1.807, 2.05) is 0 Å². The lowest BCUT2D eigenvalue weighted by atomic mass is 10.1. The Morgan fingerprint density at radius 1 is 0.848 bits per heavy atom. The number of benzene rings is 3. The average Bonchev–Trinajstić information content (AvgIpc) is 2.87. The summed E-state index contributed by atoms with van der Waals surface area (Å²) in [6, 6.07) is 18.6. The van der Waals surface area contributed by atoms with Gasteiger partial charge in [-0.15, -0.1) is 0 Å². The fraction of sp³-hybridized carbons (Fsp3) is 0.154. The summed E-state index contributed by atoms with van der Waals surface area (Å²) in [6.45, 7) is -0.338. The SMILES string of the molecule is COc1ccc(C(=O)COc2c(-c3ccc(OC)c(OC)c3)oc3ccccc3c2=O)cc1. The van der Waals surface area contributed by atoms with Crippen LogP contribution in [-0.2, 0) is 0 Å². The van der Waals surface area contributed by atoms with Crippen molar-refractivity contribution in [2.24, 2.45) is 0 Å². The number of hydrogen-bond donors (Lipinski definition) is 0. The first-order valence-electron chi connectivity index (χ1n) is 10.1. The molecule has 1 heterocycles. The molecule has 33 heavy (non-hydrogen) atoms. The lowest BCUT2D eigenvalue weighted by Gasteiger charge is -2.13. The van der Waals surface area contributed by atoms with Crippen molar-refractivity contribution in [3.8, 4) is 34.3 Å². The maximum Gasteiger partial charge on any atom is 0.235 e. The van der Waals surface area contributed by atoms with Crippen molar-refractivity contribution < 1.29 is 28.2 Å². The van der Waals surface area contributed by atoms with Gasteiger partial charge in [0.15, 0.2) is 29.6 Å². The largest absolute Gasteiger partial charge is 0.497 e. The number of carbonyl (C=O) groups is 1. The summed E-state index contributed by atoms with van der Waals surface area (Å²) < 4.78 is 27.6. The van der Waals surface area contributed by atoms with E-state index in [0.29, 0.717) is 39.3 Å². The molecule has 4 rings (SSSR count). The lowest BCUT2D eigenvalue weighted by Crippen LogP contribution is -2.17. The van der Waals surface area contributed by atoms with Gasteiger partial charge in [-0.05, 0) is 54.6 Å². The molecule has 3 aromatic carbocycles. The number of carbonyl (C=O) groups excluding carboxylic acids is 1. The van der Waals surface area contributed by atoms with Crippen LogP contribution in [0.1, 0.15) is 10.4 Å². The molecule has 0 atom stereocenters. The van der Waals surface area contributed by atoms with Gasteiger partial charge in [-0.25, -0.2) is 0 Å². The smallest absolute Gasteiger partial charge is 0.235 e. The minimum atomic E-state index is -0.371. The molecule has 0 spiro atoms. The Balaban J connectivity index is 1.75. The second-order valence-electron chi connectivity index (χ2n) is 7.10. The Morgan fingerprint density at radius 3 is 2.27 bits per heavy atom. The zero-order valence-corrected chi connectivity index (χ0v) is 18.4. The van der Waals surface area contributed by atoms with Gasteiger partial charge >= 0.3 is 0 Å². The predicted octanol–water partition coefficient (Wildman–Crippen LogP) is 4.75. The van der Waals surface area contributed by atoms with Crippen LogP contribution >= 0.6 is 0 Å². The van der Waals surface area contributed by atoms with E-state index < -0.39 is 0 Å². The van der Waals surface area contributed by atoms with Gasteiger partial charge in [0.05, 0.1) is 26.7 Å². The van der Waals surface area contributed by atoms with E-state index in [2.05, 4.69) is 0 Å². The molecule has 0 saturated carbocycles. The zero-order valence-electron chi connectivity index (χ0n) is 18.4. The van der Waals surface area contributed by atoms with Gasteiger partial charge < -0.3 is 23.4 Å². The van der Waals surface area contributed by atoms with Gasteiger partial charge in [0, 0.05) is 11.1 Å². The van der Waals surface area contributed by atoms with Crippen LogP contribution in [0.15, 0.2) is 75.9 Å². The van der Waals surface area contributed by atoms with Crippen molar-refractivity contribution in [1.29, 1.82) is 0 Å². The third kappa shape index (κ3) is 4.39. The normalized spacial score (nSPS) is 10.6. The highest BCUT2D eigenvalue weighted by molar-refractivity contribution is 5.97. The maximum atomic E-state index is 13.3. The third-order valence-electron chi connectivity index (χ3n) is 5.16. The third-order valence-corrected chi connectivity index (χ3v) is 5.16. The summed E-state index contributed by atoms with van der Waals surface area (Å²) >= 11 is 0. The molecule has 0 aliphatic carbocycles. The van der Waals surface area contributed by atoms with Crippen LogP contribution in [-0.4, -0.2) is 33.7 Å². The Labute approximate surface area is 190 Å². The van der Waals surface area contributed by atoms with Crippen LogP contribution < -0.4 is 24.4 Å². The molecule has 0 radical (unpaired) electrons. The molecule has 0 aliphatic rings. The molecular formula is C26H22O7. The van der Waals surface area contributed by atoms with Crippen molar-refractivity contribution in [2.45, 2.75) is 0 Å². The van der Waals surface area contributed by atoms with Crippen molar-refractivity contribution in [1.82, 2.24) is 0 Å². The highest BCUT2D eigenvalue weighted by Gasteiger charge is 2.20. The molecule has 0 saturated heterocycles. The van der Waals surface area contributed by atoms with Gasteiger partial charge in [0.2, 0.25) is 11.2 Å². The molecule has 7 heteroatoms. The Kier molecular flexibility index (Phi) is 6.31. The van der Waals surface area contributed by atoms with E-state index >= 15 is 0 Å². The fourth-order valence-electron chi connectivity index (χ4n) is 3.42. The summed E-state index contributed by atoms with van der Waals surface area (Å²) in [5.74, 6) is 1.49. The van der Waals surface area contributed by atoms with Crippen LogP contribution in [0.4, 0.5) is 0 Å². The molecule has 0 N–H and O–H groups in total. The highest BCUT2D eigenvalue weighted by atomic mass is 16.5. The van der Waals surface area contributed by atoms with E-state index in [9.17, 15) is 9.59 Å². The number of Topliss-reactive ketones (excluding diaryl/α,β-unsaturated/α-hetero) is 1. The van der Waals surface area contributed by atoms with Crippen LogP contribution in [0, 0.1) is 0 Å². The maximum absolute atomic E-state index is 13.3. The second-order valence-corrected chi connectivity index (χ2v) is 7.10. The topological polar surface area (TPSA) is 84.2 Å². The van der Waals surface area contributed by atoms with Gasteiger partial charge in [0.25, 0.3) is 0 Å². The van der Waals surface area contributed by atoms with Crippen LogP contribution in [0.2, 0.25) is 0 Å². The van der Waals surface area contributed by atoms with E-state index in [1.54, 1.807) is 73.8 Å². The Morgan fingerprint density at radius 2 is 1.58 bits per heavy atom. The summed E-state index contributed by atoms with van der Waals surface area (Å²) in [7, 11) is 4.60. The molecule has 4 aromatic rings. The minimum absolute atomic E-state index is 0.0530. The summed E-state index contributed by atoms with van der Waals surface area (Å²) in [6.07, 6.45) is 0. The van der Waals surface area contributed by atoms with Gasteiger partial charge in [-0.3, -0.25) is 9.59 Å². The minimum Gasteiger partial charge on any atom is -0.497 e. The standard InChI is InChI=1S/C26H22O7/c1-29-18-11-8-16(9-12-18)20(27)15-32-26-24(28)19-6-4-5-7-21(19)33-25(26)17-10-13-22(30-2)23(14-17)31-3/h4-14H,15H2,1-3H3. The fourth-order valence-corrected chi connectivity index (χ4v) is 3.42. The number of hydrogen-bond acceptors (Lipinski definition) is 7. The van der Waals surface area contributed by atoms with E-state index in [4.69, 9.17) is 23.4 Å². The molecule has 7 nitrogen and oxygen atoms in total. The predicted molar refractivity (Wildman–Crippen MR) is 124 cm³/mol. The molecule has 0 fully saturated rings. The molecule has 0 aliphatic heterocycles. The average molecular weight is 446 g/mol. The molecule has 0 bridgehead atoms. The van der Waals surface area contributed by atoms with Gasteiger partial charge in [-0.1, -0.05) is 12.1 Å². The molecule has 1 aromatic heterocycles. The quantitative estimate of drug-likeness (QED) is 0.361. The Bertz CT molecular complexity index is 1350. The summed E-state index contributed by atoms with van der Waals surface area (Å²) in [4.78, 5) is 26.0. The van der Waals surface area contributed by atoms with Gasteiger partial charge in [-0.2, -0.15) is 0 Å². The number of ketones is 1. The second kappa shape index (κ2) is 9.48. The first-order chi connectivity index (χ1) is 16.0. The van der Waals surface area contributed by atoms with Crippen LogP contribution in [0.25, 0.3) is 22.3 Å². The molecule has 0 unspecified atom stereocenters. The number of para-hydroxylation sites is 1. The van der Waals surface area contributed by atoms with Crippen molar-refractivity contribution in [3.05, 3.63) is 82.5 Å². The summed E-state index contributed by atoms with van der Waals surface area (Å²) in [5.41, 5.74) is 1.02. The number of fused-ring (bicyclic) bond motifs is 1. The van der Waals surface area contributed by atoms with Crippen molar-refractivity contribution >= 4 is 16.8 Å². The summed E-state index contributed by atoms with van der Waals surface area (Å²) in [5, 5.41) is 0.355. The molecular weight excluding hydrogens is 424 g/mol. The first-order valence-corrected chi connectivity index (χ1v) is 10.1. The van der Waals surface area contributed by atoms with Crippen LogP contribution in [0.5, 0.6) is 23.0 Å². The lowest BCUT2D eigenvalue weighted by molar-refractivity contribution is 0.0920. The molecule has 168 valence electrons. The van der Waals surface area contributed by atoms with Crippen molar-refractivity contribution in [2.75, 3.05) is 27.9 Å². The number of ether oxygens (including phenoxy) is 4. The van der Waals surface area contributed by atoms with E-state index in [0.717, 1.165) is 0 Å². The van der Waals surface area contributed by atoms with Gasteiger partial charge in [0.1, 0.15) is 11.3 Å². The number of rotatable bonds is 8. The highest BCUT2D eigenvalue weighted by Crippen LogP contribution is 2.36. The van der Waals surface area contributed by atoms with Crippen molar-refractivity contribution in [3.63, 3.8) is 0 Å². The number of methoxy groups -OCH3 is 3. The van der Waals surface area contributed by atoms with E-state index in [1.165, 1.54) is 14.2 Å². The van der Waals surface area contributed by atoms with E-state index in [-0.39, 0.29) is 29.3 Å². The molecule has 0 amide bonds. The zero-order chi connectivity index (χ0) is 23.4. The first kappa shape index (κ1) is 22.0. The monoisotopic (exact) mass is 446 g/mol. The Hall–Kier alpha value is -4.26.